The van der Waals surface area contributed by atoms with Crippen molar-refractivity contribution in [2.24, 2.45) is 0 Å². The SMILES string of the molecule is O=C(O)c1ccc(Nc2cc(Br)ccc2I)cn1. The molecule has 18 heavy (non-hydrogen) atoms. The van der Waals surface area contributed by atoms with E-state index in [1.807, 2.05) is 18.2 Å². The molecule has 6 heteroatoms. The number of carbonyl (C=O) groups is 1. The van der Waals surface area contributed by atoms with E-state index in [2.05, 4.69) is 48.8 Å². The number of aromatic nitrogens is 1. The van der Waals surface area contributed by atoms with Gasteiger partial charge in [-0.25, -0.2) is 9.78 Å². The van der Waals surface area contributed by atoms with E-state index in [4.69, 9.17) is 5.11 Å². The molecule has 0 saturated heterocycles. The van der Waals surface area contributed by atoms with E-state index in [9.17, 15) is 4.79 Å². The molecule has 0 atom stereocenters. The van der Waals surface area contributed by atoms with Gasteiger partial charge in [-0.2, -0.15) is 0 Å². The van der Waals surface area contributed by atoms with Crippen molar-refractivity contribution >= 4 is 55.9 Å². The molecule has 0 unspecified atom stereocenters. The molecule has 1 heterocycles. The average molecular weight is 419 g/mol. The highest BCUT2D eigenvalue weighted by molar-refractivity contribution is 14.1. The Kier molecular flexibility index (Phi) is 4.18. The van der Waals surface area contributed by atoms with Gasteiger partial charge in [-0.05, 0) is 52.9 Å². The molecule has 1 aromatic carbocycles. The molecule has 2 aromatic rings. The lowest BCUT2D eigenvalue weighted by molar-refractivity contribution is 0.0690. The van der Waals surface area contributed by atoms with Crippen LogP contribution < -0.4 is 5.32 Å². The summed E-state index contributed by atoms with van der Waals surface area (Å²) >= 11 is 5.63. The van der Waals surface area contributed by atoms with Gasteiger partial charge in [0.1, 0.15) is 5.69 Å². The summed E-state index contributed by atoms with van der Waals surface area (Å²) in [4.78, 5) is 14.5. The number of carboxylic acids is 1. The van der Waals surface area contributed by atoms with Gasteiger partial charge >= 0.3 is 5.97 Å². The number of nitrogens with zero attached hydrogens (tertiary/aromatic N) is 1. The van der Waals surface area contributed by atoms with Crippen LogP contribution in [0, 0.1) is 3.57 Å². The molecule has 92 valence electrons. The molecule has 0 amide bonds. The third-order valence-electron chi connectivity index (χ3n) is 2.19. The Hall–Kier alpha value is -1.15. The summed E-state index contributed by atoms with van der Waals surface area (Å²) in [6.45, 7) is 0. The van der Waals surface area contributed by atoms with Crippen LogP contribution in [-0.2, 0) is 0 Å². The molecule has 1 aromatic heterocycles. The van der Waals surface area contributed by atoms with E-state index in [0.717, 1.165) is 19.4 Å². The van der Waals surface area contributed by atoms with Crippen LogP contribution in [0.15, 0.2) is 41.0 Å². The fourth-order valence-electron chi connectivity index (χ4n) is 1.34. The van der Waals surface area contributed by atoms with Gasteiger partial charge in [-0.3, -0.25) is 0 Å². The Labute approximate surface area is 126 Å². The third kappa shape index (κ3) is 3.20. The van der Waals surface area contributed by atoms with Crippen molar-refractivity contribution in [3.63, 3.8) is 0 Å². The summed E-state index contributed by atoms with van der Waals surface area (Å²) in [6.07, 6.45) is 1.50. The summed E-state index contributed by atoms with van der Waals surface area (Å²) in [7, 11) is 0. The minimum absolute atomic E-state index is 0.0319. The fraction of sp³-hybridized carbons (Fsp3) is 0. The van der Waals surface area contributed by atoms with Crippen LogP contribution in [0.1, 0.15) is 10.5 Å². The van der Waals surface area contributed by atoms with Crippen molar-refractivity contribution in [3.05, 3.63) is 50.3 Å². The van der Waals surface area contributed by atoms with Gasteiger partial charge < -0.3 is 10.4 Å². The fourth-order valence-corrected chi connectivity index (χ4v) is 2.17. The second-order valence-corrected chi connectivity index (χ2v) is 5.56. The number of anilines is 2. The molecular weight excluding hydrogens is 411 g/mol. The van der Waals surface area contributed by atoms with Crippen LogP contribution >= 0.6 is 38.5 Å². The Bertz CT molecular complexity index is 587. The number of rotatable bonds is 3. The first-order chi connectivity index (χ1) is 8.56. The number of benzene rings is 1. The molecule has 4 nitrogen and oxygen atoms in total. The Balaban J connectivity index is 2.23. The lowest BCUT2D eigenvalue weighted by atomic mass is 10.3. The molecule has 0 bridgehead atoms. The normalized spacial score (nSPS) is 10.1. The highest BCUT2D eigenvalue weighted by atomic mass is 127. The molecule has 0 aliphatic heterocycles. The van der Waals surface area contributed by atoms with Gasteiger partial charge in [0, 0.05) is 8.04 Å². The van der Waals surface area contributed by atoms with Gasteiger partial charge in [0.15, 0.2) is 0 Å². The van der Waals surface area contributed by atoms with Crippen LogP contribution in [0.5, 0.6) is 0 Å². The molecule has 0 fully saturated rings. The monoisotopic (exact) mass is 418 g/mol. The van der Waals surface area contributed by atoms with Gasteiger partial charge in [-0.15, -0.1) is 0 Å². The number of nitrogens with one attached hydrogen (secondary N) is 1. The maximum absolute atomic E-state index is 10.7. The van der Waals surface area contributed by atoms with E-state index in [1.165, 1.54) is 12.3 Å². The highest BCUT2D eigenvalue weighted by Gasteiger charge is 2.05. The van der Waals surface area contributed by atoms with Gasteiger partial charge in [0.25, 0.3) is 0 Å². The topological polar surface area (TPSA) is 62.2 Å². The van der Waals surface area contributed by atoms with E-state index in [1.54, 1.807) is 6.07 Å². The zero-order valence-corrected chi connectivity index (χ0v) is 12.8. The van der Waals surface area contributed by atoms with Crippen molar-refractivity contribution in [2.75, 3.05) is 5.32 Å². The van der Waals surface area contributed by atoms with Crippen LogP contribution in [0.4, 0.5) is 11.4 Å². The first-order valence-electron chi connectivity index (χ1n) is 4.97. The van der Waals surface area contributed by atoms with Crippen LogP contribution in [0.2, 0.25) is 0 Å². The summed E-state index contributed by atoms with van der Waals surface area (Å²) in [5.41, 5.74) is 1.72. The number of hydrogen-bond donors (Lipinski definition) is 2. The van der Waals surface area contributed by atoms with Gasteiger partial charge in [-0.1, -0.05) is 15.9 Å². The van der Waals surface area contributed by atoms with E-state index in [0.29, 0.717) is 0 Å². The van der Waals surface area contributed by atoms with Crippen molar-refractivity contribution in [3.8, 4) is 0 Å². The molecule has 2 rings (SSSR count). The second kappa shape index (κ2) is 5.66. The zero-order chi connectivity index (χ0) is 13.1. The summed E-state index contributed by atoms with van der Waals surface area (Å²) in [6, 6.07) is 9.04. The van der Waals surface area contributed by atoms with Crippen molar-refractivity contribution in [2.45, 2.75) is 0 Å². The quantitative estimate of drug-likeness (QED) is 0.742. The molecule has 0 aliphatic carbocycles. The summed E-state index contributed by atoms with van der Waals surface area (Å²) in [5.74, 6) is -1.03. The predicted molar refractivity (Wildman–Crippen MR) is 81.3 cm³/mol. The number of hydrogen-bond acceptors (Lipinski definition) is 3. The maximum atomic E-state index is 10.7. The largest absolute Gasteiger partial charge is 0.477 e. The minimum Gasteiger partial charge on any atom is -0.477 e. The molecular formula is C12H8BrIN2O2. The van der Waals surface area contributed by atoms with Crippen LogP contribution in [0.3, 0.4) is 0 Å². The standard InChI is InChI=1S/C12H8BrIN2O2/c13-7-1-3-9(14)11(5-7)16-8-2-4-10(12(17)18)15-6-8/h1-6,16H,(H,17,18). The first kappa shape index (κ1) is 13.3. The predicted octanol–water partition coefficient (Wildman–Crippen LogP) is 3.89. The first-order valence-corrected chi connectivity index (χ1v) is 6.85. The Morgan fingerprint density at radius 3 is 2.72 bits per heavy atom. The Morgan fingerprint density at radius 1 is 1.33 bits per heavy atom. The van der Waals surface area contributed by atoms with Crippen LogP contribution in [0.25, 0.3) is 0 Å². The van der Waals surface area contributed by atoms with E-state index < -0.39 is 5.97 Å². The molecule has 0 saturated carbocycles. The Morgan fingerprint density at radius 2 is 2.11 bits per heavy atom. The van der Waals surface area contributed by atoms with Gasteiger partial charge in [0.05, 0.1) is 17.6 Å². The van der Waals surface area contributed by atoms with Crippen molar-refractivity contribution in [1.82, 2.24) is 4.98 Å². The number of carboxylic acid groups (broad SMARTS) is 1. The summed E-state index contributed by atoms with van der Waals surface area (Å²) < 4.78 is 2.04. The molecule has 0 radical (unpaired) electrons. The molecule has 0 spiro atoms. The number of pyridine rings is 1. The summed E-state index contributed by atoms with van der Waals surface area (Å²) in [5, 5.41) is 11.9. The van der Waals surface area contributed by atoms with Crippen molar-refractivity contribution < 1.29 is 9.90 Å². The molecule has 2 N–H and O–H groups in total. The average Bonchev–Trinajstić information content (AvgIpc) is 2.34. The van der Waals surface area contributed by atoms with Crippen LogP contribution in [-0.4, -0.2) is 16.1 Å². The number of halogens is 2. The van der Waals surface area contributed by atoms with E-state index in [-0.39, 0.29) is 5.69 Å². The van der Waals surface area contributed by atoms with Gasteiger partial charge in [0.2, 0.25) is 0 Å². The zero-order valence-electron chi connectivity index (χ0n) is 9.02. The minimum atomic E-state index is -1.03. The lowest BCUT2D eigenvalue weighted by Gasteiger charge is -2.08. The molecule has 0 aliphatic rings. The highest BCUT2D eigenvalue weighted by Crippen LogP contribution is 2.25. The second-order valence-electron chi connectivity index (χ2n) is 3.49. The maximum Gasteiger partial charge on any atom is 0.354 e. The van der Waals surface area contributed by atoms with E-state index >= 15 is 0 Å². The smallest absolute Gasteiger partial charge is 0.354 e. The lowest BCUT2D eigenvalue weighted by Crippen LogP contribution is -2.00. The van der Waals surface area contributed by atoms with Crippen molar-refractivity contribution in [1.29, 1.82) is 0 Å². The number of aromatic carboxylic acids is 1. The third-order valence-corrected chi connectivity index (χ3v) is 3.62.